The van der Waals surface area contributed by atoms with Gasteiger partial charge in [0.05, 0.1) is 0 Å². The van der Waals surface area contributed by atoms with Crippen molar-refractivity contribution in [2.75, 3.05) is 0 Å². The summed E-state index contributed by atoms with van der Waals surface area (Å²) in [7, 11) is 0. The zero-order valence-corrected chi connectivity index (χ0v) is 25.0. The topological polar surface area (TPSA) is 51.6 Å². The Bertz CT molecular complexity index is 2280. The van der Waals surface area contributed by atoms with Crippen LogP contribution in [0.1, 0.15) is 0 Å². The first-order valence-corrected chi connectivity index (χ1v) is 15.3. The number of nitrogens with zero attached hydrogens (tertiary/aromatic N) is 4. The highest BCUT2D eigenvalue weighted by Gasteiger charge is 2.12. The molecule has 8 aromatic rings. The third-order valence-corrected chi connectivity index (χ3v) is 8.31. The lowest BCUT2D eigenvalue weighted by Crippen LogP contribution is -1.96. The van der Waals surface area contributed by atoms with Gasteiger partial charge in [0.2, 0.25) is 0 Å². The van der Waals surface area contributed by atoms with E-state index in [1.807, 2.05) is 36.7 Å². The van der Waals surface area contributed by atoms with Crippen LogP contribution in [-0.4, -0.2) is 19.9 Å². The van der Waals surface area contributed by atoms with Crippen LogP contribution < -0.4 is 0 Å². The molecular formula is C42H28N4. The van der Waals surface area contributed by atoms with Crippen LogP contribution >= 0.6 is 0 Å². The number of fused-ring (bicyclic) bond motifs is 1. The summed E-state index contributed by atoms with van der Waals surface area (Å²) in [5.41, 5.74) is 11.0. The molecule has 4 nitrogen and oxygen atoms in total. The minimum atomic E-state index is 0.627. The number of hydrogen-bond donors (Lipinski definition) is 0. The third-order valence-electron chi connectivity index (χ3n) is 8.31. The fourth-order valence-electron chi connectivity index (χ4n) is 5.89. The molecule has 2 aromatic heterocycles. The molecule has 0 spiro atoms. The predicted molar refractivity (Wildman–Crippen MR) is 188 cm³/mol. The molecule has 0 amide bonds. The Kier molecular flexibility index (Phi) is 7.14. The molecule has 0 bridgehead atoms. The second-order valence-corrected chi connectivity index (χ2v) is 11.3. The van der Waals surface area contributed by atoms with Gasteiger partial charge in [0.15, 0.2) is 11.6 Å². The minimum absolute atomic E-state index is 0.627. The van der Waals surface area contributed by atoms with Gasteiger partial charge in [-0.05, 0) is 97.7 Å². The Morgan fingerprint density at radius 1 is 0.304 bits per heavy atom. The fraction of sp³-hybridized carbons (Fsp3) is 0. The Morgan fingerprint density at radius 2 is 0.739 bits per heavy atom. The van der Waals surface area contributed by atoms with E-state index in [0.29, 0.717) is 11.6 Å². The molecule has 0 N–H and O–H groups in total. The summed E-state index contributed by atoms with van der Waals surface area (Å²) in [5.74, 6) is 1.27. The second-order valence-electron chi connectivity index (χ2n) is 11.3. The van der Waals surface area contributed by atoms with E-state index in [4.69, 9.17) is 4.98 Å². The van der Waals surface area contributed by atoms with Gasteiger partial charge in [0, 0.05) is 23.5 Å². The molecule has 0 saturated carbocycles. The number of rotatable bonds is 6. The summed E-state index contributed by atoms with van der Waals surface area (Å²) >= 11 is 0. The smallest absolute Gasteiger partial charge is 0.163 e. The van der Waals surface area contributed by atoms with Gasteiger partial charge in [-0.2, -0.15) is 0 Å². The average molecular weight is 589 g/mol. The molecule has 0 saturated heterocycles. The Labute approximate surface area is 267 Å². The van der Waals surface area contributed by atoms with Crippen molar-refractivity contribution >= 4 is 10.8 Å². The SMILES string of the molecule is c1ccc(-c2ccc(-c3ncnc(-c4cc(-c5ccncc5)cc(-c5ccc6cc(-c7ccccc7)ccc6c5)c4)n3)cc2)cc1. The fourth-order valence-corrected chi connectivity index (χ4v) is 5.89. The van der Waals surface area contributed by atoms with Crippen LogP contribution in [0.3, 0.4) is 0 Å². The number of pyridine rings is 1. The predicted octanol–water partition coefficient (Wildman–Crippen LogP) is 10.4. The van der Waals surface area contributed by atoms with Gasteiger partial charge >= 0.3 is 0 Å². The number of benzene rings is 6. The monoisotopic (exact) mass is 588 g/mol. The lowest BCUT2D eigenvalue weighted by Gasteiger charge is -2.12. The number of aromatic nitrogens is 4. The maximum absolute atomic E-state index is 4.94. The summed E-state index contributed by atoms with van der Waals surface area (Å²) in [4.78, 5) is 18.3. The Morgan fingerprint density at radius 3 is 1.37 bits per heavy atom. The maximum atomic E-state index is 4.94. The lowest BCUT2D eigenvalue weighted by atomic mass is 9.94. The van der Waals surface area contributed by atoms with Gasteiger partial charge in [-0.3, -0.25) is 4.98 Å². The van der Waals surface area contributed by atoms with E-state index < -0.39 is 0 Å². The lowest BCUT2D eigenvalue weighted by molar-refractivity contribution is 1.07. The molecule has 8 rings (SSSR count). The maximum Gasteiger partial charge on any atom is 0.163 e. The molecule has 0 aliphatic rings. The van der Waals surface area contributed by atoms with Crippen molar-refractivity contribution < 1.29 is 0 Å². The van der Waals surface area contributed by atoms with Gasteiger partial charge in [0.25, 0.3) is 0 Å². The minimum Gasteiger partial charge on any atom is -0.265 e. The van der Waals surface area contributed by atoms with E-state index in [1.165, 1.54) is 27.5 Å². The summed E-state index contributed by atoms with van der Waals surface area (Å²) in [6, 6.07) is 53.1. The van der Waals surface area contributed by atoms with Gasteiger partial charge in [-0.15, -0.1) is 0 Å². The molecule has 0 aliphatic heterocycles. The summed E-state index contributed by atoms with van der Waals surface area (Å²) in [6.07, 6.45) is 5.24. The molecule has 46 heavy (non-hydrogen) atoms. The molecule has 216 valence electrons. The van der Waals surface area contributed by atoms with Crippen LogP contribution in [0, 0.1) is 0 Å². The Balaban J connectivity index is 1.18. The third kappa shape index (κ3) is 5.56. The first kappa shape index (κ1) is 27.3. The quantitative estimate of drug-likeness (QED) is 0.194. The average Bonchev–Trinajstić information content (AvgIpc) is 3.15. The zero-order valence-electron chi connectivity index (χ0n) is 25.0. The van der Waals surface area contributed by atoms with Gasteiger partial charge in [0.1, 0.15) is 6.33 Å². The Hall–Kier alpha value is -6.26. The van der Waals surface area contributed by atoms with Gasteiger partial charge in [-0.25, -0.2) is 15.0 Å². The van der Waals surface area contributed by atoms with Crippen molar-refractivity contribution in [3.8, 4) is 67.3 Å². The van der Waals surface area contributed by atoms with Crippen molar-refractivity contribution in [3.05, 3.63) is 170 Å². The van der Waals surface area contributed by atoms with Crippen molar-refractivity contribution in [2.24, 2.45) is 0 Å². The first-order chi connectivity index (χ1) is 22.8. The van der Waals surface area contributed by atoms with E-state index in [2.05, 4.69) is 142 Å². The van der Waals surface area contributed by atoms with Crippen molar-refractivity contribution in [1.29, 1.82) is 0 Å². The molecule has 6 aromatic carbocycles. The highest BCUT2D eigenvalue weighted by molar-refractivity contribution is 5.92. The van der Waals surface area contributed by atoms with E-state index >= 15 is 0 Å². The molecule has 0 atom stereocenters. The van der Waals surface area contributed by atoms with Crippen LogP contribution in [0.2, 0.25) is 0 Å². The highest BCUT2D eigenvalue weighted by atomic mass is 15.0. The molecule has 2 heterocycles. The molecule has 4 heteroatoms. The van der Waals surface area contributed by atoms with Crippen LogP contribution in [0.15, 0.2) is 170 Å². The van der Waals surface area contributed by atoms with Crippen molar-refractivity contribution in [2.45, 2.75) is 0 Å². The summed E-state index contributed by atoms with van der Waals surface area (Å²) < 4.78 is 0. The number of hydrogen-bond acceptors (Lipinski definition) is 4. The van der Waals surface area contributed by atoms with E-state index in [-0.39, 0.29) is 0 Å². The van der Waals surface area contributed by atoms with E-state index in [9.17, 15) is 0 Å². The highest BCUT2D eigenvalue weighted by Crippen LogP contribution is 2.34. The van der Waals surface area contributed by atoms with Crippen LogP contribution in [0.4, 0.5) is 0 Å². The zero-order chi connectivity index (χ0) is 30.7. The van der Waals surface area contributed by atoms with Crippen LogP contribution in [0.25, 0.3) is 78.1 Å². The van der Waals surface area contributed by atoms with Gasteiger partial charge < -0.3 is 0 Å². The summed E-state index contributed by atoms with van der Waals surface area (Å²) in [6.45, 7) is 0. The van der Waals surface area contributed by atoms with Crippen molar-refractivity contribution in [1.82, 2.24) is 19.9 Å². The summed E-state index contributed by atoms with van der Waals surface area (Å²) in [5, 5.41) is 2.39. The largest absolute Gasteiger partial charge is 0.265 e. The van der Waals surface area contributed by atoms with Gasteiger partial charge in [-0.1, -0.05) is 109 Å². The molecule has 0 fully saturated rings. The van der Waals surface area contributed by atoms with Crippen molar-refractivity contribution in [3.63, 3.8) is 0 Å². The molecule has 0 aliphatic carbocycles. The molecule has 0 unspecified atom stereocenters. The standard InChI is InChI=1S/C42H28N4/c1-3-7-29(8-4-1)31-11-13-33(14-12-31)41-44-28-45-42(46-41)40-26-38(32-19-21-43-22-20-32)25-39(27-40)37-18-17-35-23-34(15-16-36(35)24-37)30-9-5-2-6-10-30/h1-28H. The normalized spacial score (nSPS) is 11.0. The molecule has 0 radical (unpaired) electrons. The van der Waals surface area contributed by atoms with Crippen LogP contribution in [-0.2, 0) is 0 Å². The van der Waals surface area contributed by atoms with E-state index in [1.54, 1.807) is 6.33 Å². The molecular weight excluding hydrogens is 560 g/mol. The van der Waals surface area contributed by atoms with E-state index in [0.717, 1.165) is 38.9 Å². The second kappa shape index (κ2) is 12.0. The van der Waals surface area contributed by atoms with Crippen LogP contribution in [0.5, 0.6) is 0 Å². The first-order valence-electron chi connectivity index (χ1n) is 15.3.